The zero-order valence-electron chi connectivity index (χ0n) is 3.28. The zero-order chi connectivity index (χ0) is 3.41. The average Bonchev–Trinajstić information content (AvgIpc) is 1.37. The molecular formula is C4H8Po. The molecule has 0 aromatic heterocycles. The first-order chi connectivity index (χ1) is 1.91. The number of allylic oxidation sites excluding steroid dienone is 1. The Balaban J connectivity index is 0. The van der Waals surface area contributed by atoms with Gasteiger partial charge in [0.15, 0.2) is 0 Å². The summed E-state index contributed by atoms with van der Waals surface area (Å²) in [6, 6.07) is 0. The standard InChI is InChI=1S/C4H6.Po.2H/c1-3-4-2;;;/h4H,1H2,2H3;;;. The third kappa shape index (κ3) is 12.9. The second-order valence-corrected chi connectivity index (χ2v) is 0.493. The van der Waals surface area contributed by atoms with E-state index in [1.165, 1.54) is 0 Å². The fourth-order valence-corrected chi connectivity index (χ4v) is 0. The fourth-order valence-electron chi connectivity index (χ4n) is 0. The van der Waals surface area contributed by atoms with Gasteiger partial charge in [0, 0.05) is 0 Å². The van der Waals surface area contributed by atoms with Crippen molar-refractivity contribution in [1.82, 2.24) is 0 Å². The summed E-state index contributed by atoms with van der Waals surface area (Å²) in [5, 5.41) is 0. The monoisotopic (exact) mass is 265 g/mol. The molecule has 0 aliphatic heterocycles. The fraction of sp³-hybridized carbons (Fsp3) is 0.250. The molecule has 0 heterocycles. The Morgan fingerprint density at radius 3 is 2.00 bits per heavy atom. The van der Waals surface area contributed by atoms with Gasteiger partial charge in [-0.25, -0.2) is 0 Å². The van der Waals surface area contributed by atoms with Crippen LogP contribution in [0.3, 0.4) is 0 Å². The maximum absolute atomic E-state index is 3.30. The van der Waals surface area contributed by atoms with Gasteiger partial charge in [-0.15, -0.1) is 5.73 Å². The Morgan fingerprint density at radius 2 is 2.00 bits per heavy atom. The summed E-state index contributed by atoms with van der Waals surface area (Å²) in [5.74, 6) is 0. The number of rotatable bonds is 0. The number of hydrogen-bond acceptors (Lipinski definition) is 0. The first-order valence-electron chi connectivity index (χ1n) is 1.22. The molecule has 0 saturated carbocycles. The van der Waals surface area contributed by atoms with Crippen LogP contribution in [-0.4, -0.2) is 26.6 Å². The minimum absolute atomic E-state index is 0. The molecule has 5 heavy (non-hydrogen) atoms. The molecule has 0 fully saturated rings. The van der Waals surface area contributed by atoms with Crippen molar-refractivity contribution in [2.24, 2.45) is 0 Å². The van der Waals surface area contributed by atoms with Gasteiger partial charge in [-0.3, -0.25) is 0 Å². The van der Waals surface area contributed by atoms with Crippen LogP contribution >= 0.6 is 0 Å². The molecule has 0 rings (SSSR count). The molecule has 0 nitrogen and oxygen atoms in total. The Morgan fingerprint density at radius 1 is 1.80 bits per heavy atom. The van der Waals surface area contributed by atoms with Gasteiger partial charge in [0.25, 0.3) is 0 Å². The summed E-state index contributed by atoms with van der Waals surface area (Å²) in [5.41, 5.74) is 2.56. The van der Waals surface area contributed by atoms with Gasteiger partial charge in [-0.05, 0) is 13.0 Å². The number of hydrogen-bond donors (Lipinski definition) is 0. The van der Waals surface area contributed by atoms with Crippen molar-refractivity contribution in [2.75, 3.05) is 0 Å². The van der Waals surface area contributed by atoms with Crippen molar-refractivity contribution < 1.29 is 0 Å². The summed E-state index contributed by atoms with van der Waals surface area (Å²) in [7, 11) is 0. The maximum atomic E-state index is 3.30. The molecule has 0 bridgehead atoms. The van der Waals surface area contributed by atoms with E-state index in [9.17, 15) is 0 Å². The first-order valence-corrected chi connectivity index (χ1v) is 1.22. The van der Waals surface area contributed by atoms with E-state index >= 15 is 0 Å². The SMILES string of the molecule is C=C=CC.[PoH2]. The molecule has 1 heteroatoms. The van der Waals surface area contributed by atoms with Crippen molar-refractivity contribution in [3.05, 3.63) is 18.4 Å². The van der Waals surface area contributed by atoms with E-state index in [0.29, 0.717) is 0 Å². The predicted octanol–water partition coefficient (Wildman–Crippen LogP) is 0.431. The van der Waals surface area contributed by atoms with Crippen LogP contribution in [0.2, 0.25) is 0 Å². The molecule has 0 aromatic carbocycles. The minimum atomic E-state index is 0. The van der Waals surface area contributed by atoms with Gasteiger partial charge in [0.05, 0.1) is 0 Å². The van der Waals surface area contributed by atoms with Crippen LogP contribution in [0.5, 0.6) is 0 Å². The average molecular weight is 265 g/mol. The van der Waals surface area contributed by atoms with Crippen molar-refractivity contribution in [3.8, 4) is 0 Å². The van der Waals surface area contributed by atoms with E-state index in [4.69, 9.17) is 0 Å². The quantitative estimate of drug-likeness (QED) is 0.557. The van der Waals surface area contributed by atoms with Crippen LogP contribution in [-0.2, 0) is 0 Å². The van der Waals surface area contributed by atoms with Gasteiger partial charge < -0.3 is 0 Å². The third-order valence-corrected chi connectivity index (χ3v) is 0.204. The van der Waals surface area contributed by atoms with E-state index in [1.54, 1.807) is 6.08 Å². The summed E-state index contributed by atoms with van der Waals surface area (Å²) >= 11 is 0. The van der Waals surface area contributed by atoms with Gasteiger partial charge in [0.1, 0.15) is 0 Å². The van der Waals surface area contributed by atoms with E-state index in [-0.39, 0.29) is 26.6 Å². The van der Waals surface area contributed by atoms with Crippen LogP contribution < -0.4 is 0 Å². The van der Waals surface area contributed by atoms with Crippen molar-refractivity contribution in [1.29, 1.82) is 0 Å². The zero-order valence-corrected chi connectivity index (χ0v) is 7.17. The summed E-state index contributed by atoms with van der Waals surface area (Å²) < 4.78 is 0. The van der Waals surface area contributed by atoms with E-state index in [0.717, 1.165) is 0 Å². The molecular weight excluding hydrogens is 257 g/mol. The van der Waals surface area contributed by atoms with Crippen LogP contribution in [0.4, 0.5) is 0 Å². The normalized spacial score (nSPS) is 3.40. The molecule has 0 atom stereocenters. The molecule has 0 amide bonds. The summed E-state index contributed by atoms with van der Waals surface area (Å²) in [6.07, 6.45) is 1.76. The van der Waals surface area contributed by atoms with Crippen LogP contribution in [0.1, 0.15) is 6.92 Å². The van der Waals surface area contributed by atoms with Crippen LogP contribution in [0.15, 0.2) is 18.4 Å². The second kappa shape index (κ2) is 8.83. The molecule has 0 radical (unpaired) electrons. The Hall–Kier alpha value is 0.416. The summed E-state index contributed by atoms with van der Waals surface area (Å²) in [6.45, 7) is 5.18. The van der Waals surface area contributed by atoms with E-state index < -0.39 is 0 Å². The van der Waals surface area contributed by atoms with Crippen molar-refractivity contribution in [2.45, 2.75) is 6.92 Å². The van der Waals surface area contributed by atoms with E-state index in [1.807, 2.05) is 6.92 Å². The third-order valence-electron chi connectivity index (χ3n) is 0.204. The molecule has 30 valence electrons. The van der Waals surface area contributed by atoms with Gasteiger partial charge in [-0.2, -0.15) is 0 Å². The molecule has 0 saturated heterocycles. The van der Waals surface area contributed by atoms with Crippen LogP contribution in [0, 0.1) is 0 Å². The molecule has 0 aromatic rings. The topological polar surface area (TPSA) is 0 Å². The van der Waals surface area contributed by atoms with Gasteiger partial charge >= 0.3 is 26.6 Å². The predicted molar refractivity (Wildman–Crippen MR) is 27.9 cm³/mol. The molecule has 0 aliphatic rings. The molecule has 0 aliphatic carbocycles. The van der Waals surface area contributed by atoms with Crippen molar-refractivity contribution in [3.63, 3.8) is 0 Å². The van der Waals surface area contributed by atoms with Gasteiger partial charge in [0.2, 0.25) is 0 Å². The Kier molecular flexibility index (Phi) is 16.0. The van der Waals surface area contributed by atoms with Gasteiger partial charge in [-0.1, -0.05) is 6.58 Å². The molecule has 0 unspecified atom stereocenters. The summed E-state index contributed by atoms with van der Waals surface area (Å²) in [4.78, 5) is 0. The Bertz CT molecular complexity index is 41.6. The second-order valence-electron chi connectivity index (χ2n) is 0.493. The van der Waals surface area contributed by atoms with E-state index in [2.05, 4.69) is 12.3 Å². The van der Waals surface area contributed by atoms with Crippen LogP contribution in [0.25, 0.3) is 0 Å². The first kappa shape index (κ1) is 9.05. The molecule has 0 spiro atoms. The van der Waals surface area contributed by atoms with Crippen molar-refractivity contribution >= 4 is 26.6 Å². The Labute approximate surface area is 52.0 Å². The molecule has 0 N–H and O–H groups in total.